The quantitative estimate of drug-likeness (QED) is 0.662. The van der Waals surface area contributed by atoms with Gasteiger partial charge in [-0.25, -0.2) is 0 Å². The van der Waals surface area contributed by atoms with E-state index in [0.29, 0.717) is 0 Å². The summed E-state index contributed by atoms with van der Waals surface area (Å²) in [5.41, 5.74) is 2.30. The van der Waals surface area contributed by atoms with Gasteiger partial charge < -0.3 is 9.53 Å². The highest BCUT2D eigenvalue weighted by Gasteiger charge is 2.44. The number of fused-ring (bicyclic) bond motifs is 1. The molecule has 0 atom stereocenters. The Balaban J connectivity index is 2.04. The van der Waals surface area contributed by atoms with Crippen LogP contribution in [0.4, 0.5) is 0 Å². The molecule has 1 aliphatic heterocycles. The van der Waals surface area contributed by atoms with Gasteiger partial charge in [0, 0.05) is 6.42 Å². The smallest absolute Gasteiger partial charge is 0.130 e. The van der Waals surface area contributed by atoms with E-state index in [9.17, 15) is 4.79 Å². The zero-order valence-electron chi connectivity index (χ0n) is 7.95. The van der Waals surface area contributed by atoms with E-state index in [-0.39, 0.29) is 5.41 Å². The fourth-order valence-corrected chi connectivity index (χ4v) is 2.11. The molecule has 0 saturated heterocycles. The number of carbonyl (C=O) groups excluding carboxylic acids is 1. The van der Waals surface area contributed by atoms with Crippen LogP contribution in [0.3, 0.4) is 0 Å². The minimum atomic E-state index is -0.141. The van der Waals surface area contributed by atoms with Crippen molar-refractivity contribution >= 4 is 6.29 Å². The van der Waals surface area contributed by atoms with Crippen LogP contribution in [0, 0.1) is 0 Å². The lowest BCUT2D eigenvalue weighted by molar-refractivity contribution is -0.109. The van der Waals surface area contributed by atoms with E-state index in [0.717, 1.165) is 37.9 Å². The Morgan fingerprint density at radius 3 is 2.93 bits per heavy atom. The molecule has 2 nitrogen and oxygen atoms in total. The van der Waals surface area contributed by atoms with Crippen LogP contribution in [-0.4, -0.2) is 12.9 Å². The van der Waals surface area contributed by atoms with Gasteiger partial charge in [-0.2, -0.15) is 0 Å². The summed E-state index contributed by atoms with van der Waals surface area (Å²) in [5.74, 6) is 0.996. The molecule has 2 aliphatic rings. The molecular weight excluding hydrogens is 176 g/mol. The van der Waals surface area contributed by atoms with Gasteiger partial charge in [0.25, 0.3) is 0 Å². The molecule has 0 bridgehead atoms. The maximum Gasteiger partial charge on any atom is 0.130 e. The number of rotatable bonds is 2. The summed E-state index contributed by atoms with van der Waals surface area (Å²) in [6, 6.07) is 6.18. The van der Waals surface area contributed by atoms with Gasteiger partial charge in [0.15, 0.2) is 0 Å². The minimum Gasteiger partial charge on any atom is -0.493 e. The molecule has 1 fully saturated rings. The van der Waals surface area contributed by atoms with Crippen molar-refractivity contribution in [1.82, 2.24) is 0 Å². The predicted octanol–water partition coefficient (Wildman–Crippen LogP) is 1.85. The summed E-state index contributed by atoms with van der Waals surface area (Å²) in [6.45, 7) is 0.785. The van der Waals surface area contributed by atoms with Gasteiger partial charge >= 0.3 is 0 Å². The summed E-state index contributed by atoms with van der Waals surface area (Å²) in [4.78, 5) is 11.0. The van der Waals surface area contributed by atoms with Crippen LogP contribution in [0.1, 0.15) is 24.0 Å². The summed E-state index contributed by atoms with van der Waals surface area (Å²) in [6.07, 6.45) is 4.11. The summed E-state index contributed by atoms with van der Waals surface area (Å²) in [5, 5.41) is 0. The van der Waals surface area contributed by atoms with Crippen molar-refractivity contribution in [2.24, 2.45) is 0 Å². The van der Waals surface area contributed by atoms with Crippen molar-refractivity contribution < 1.29 is 9.53 Å². The van der Waals surface area contributed by atoms with Crippen LogP contribution in [0.5, 0.6) is 5.75 Å². The first kappa shape index (κ1) is 8.04. The SMILES string of the molecule is O=CC1(c2ccc3c(c2)CCO3)CC1. The van der Waals surface area contributed by atoms with Gasteiger partial charge in [-0.3, -0.25) is 0 Å². The molecule has 1 aromatic rings. The molecule has 0 unspecified atom stereocenters. The number of carbonyl (C=O) groups is 1. The molecule has 3 rings (SSSR count). The average Bonchev–Trinajstić information content (AvgIpc) is 2.89. The normalized spacial score (nSPS) is 21.1. The van der Waals surface area contributed by atoms with Gasteiger partial charge in [-0.15, -0.1) is 0 Å². The van der Waals surface area contributed by atoms with E-state index >= 15 is 0 Å². The molecule has 0 aromatic heterocycles. The lowest BCUT2D eigenvalue weighted by atomic mass is 9.95. The number of hydrogen-bond acceptors (Lipinski definition) is 2. The van der Waals surface area contributed by atoms with Crippen LogP contribution in [0.15, 0.2) is 18.2 Å². The maximum absolute atomic E-state index is 11.0. The van der Waals surface area contributed by atoms with Gasteiger partial charge in [0.2, 0.25) is 0 Å². The fraction of sp³-hybridized carbons (Fsp3) is 0.417. The Bertz CT molecular complexity index is 391. The van der Waals surface area contributed by atoms with Crippen molar-refractivity contribution in [2.45, 2.75) is 24.7 Å². The van der Waals surface area contributed by atoms with E-state index in [1.807, 2.05) is 12.1 Å². The van der Waals surface area contributed by atoms with E-state index in [1.54, 1.807) is 0 Å². The zero-order chi connectivity index (χ0) is 9.60. The third-order valence-corrected chi connectivity index (χ3v) is 3.28. The Morgan fingerprint density at radius 1 is 1.36 bits per heavy atom. The second-order valence-electron chi connectivity index (χ2n) is 4.19. The van der Waals surface area contributed by atoms with E-state index in [2.05, 4.69) is 6.07 Å². The van der Waals surface area contributed by atoms with Crippen molar-refractivity contribution in [2.75, 3.05) is 6.61 Å². The Morgan fingerprint density at radius 2 is 2.21 bits per heavy atom. The van der Waals surface area contributed by atoms with Crippen molar-refractivity contribution in [1.29, 1.82) is 0 Å². The first-order valence-electron chi connectivity index (χ1n) is 5.07. The Kier molecular flexibility index (Phi) is 1.49. The van der Waals surface area contributed by atoms with Crippen molar-refractivity contribution in [3.05, 3.63) is 29.3 Å². The predicted molar refractivity (Wildman–Crippen MR) is 52.6 cm³/mol. The molecule has 1 heterocycles. The molecule has 1 aliphatic carbocycles. The lowest BCUT2D eigenvalue weighted by Crippen LogP contribution is -2.07. The van der Waals surface area contributed by atoms with Crippen molar-refractivity contribution in [3.8, 4) is 5.75 Å². The Labute approximate surface area is 82.9 Å². The monoisotopic (exact) mass is 188 g/mol. The molecule has 14 heavy (non-hydrogen) atoms. The van der Waals surface area contributed by atoms with E-state index in [1.165, 1.54) is 11.1 Å². The fourth-order valence-electron chi connectivity index (χ4n) is 2.11. The molecule has 0 spiro atoms. The summed E-state index contributed by atoms with van der Waals surface area (Å²) >= 11 is 0. The molecule has 1 aromatic carbocycles. The molecule has 72 valence electrons. The molecule has 0 radical (unpaired) electrons. The lowest BCUT2D eigenvalue weighted by Gasteiger charge is -2.08. The van der Waals surface area contributed by atoms with E-state index < -0.39 is 0 Å². The van der Waals surface area contributed by atoms with Crippen LogP contribution in [0.2, 0.25) is 0 Å². The molecule has 0 amide bonds. The average molecular weight is 188 g/mol. The second-order valence-corrected chi connectivity index (χ2v) is 4.19. The highest BCUT2D eigenvalue weighted by atomic mass is 16.5. The first-order chi connectivity index (χ1) is 6.84. The molecule has 2 heteroatoms. The Hall–Kier alpha value is -1.31. The molecule has 1 saturated carbocycles. The van der Waals surface area contributed by atoms with Crippen LogP contribution in [-0.2, 0) is 16.6 Å². The number of benzene rings is 1. The maximum atomic E-state index is 11.0. The second kappa shape index (κ2) is 2.59. The van der Waals surface area contributed by atoms with Crippen LogP contribution < -0.4 is 4.74 Å². The number of hydrogen-bond donors (Lipinski definition) is 0. The summed E-state index contributed by atoms with van der Waals surface area (Å²) < 4.78 is 5.43. The largest absolute Gasteiger partial charge is 0.493 e. The van der Waals surface area contributed by atoms with E-state index in [4.69, 9.17) is 4.74 Å². The van der Waals surface area contributed by atoms with Gasteiger partial charge in [0.1, 0.15) is 12.0 Å². The third kappa shape index (κ3) is 0.999. The van der Waals surface area contributed by atoms with Crippen LogP contribution >= 0.6 is 0 Å². The number of aldehydes is 1. The molecular formula is C12H12O2. The highest BCUT2D eigenvalue weighted by Crippen LogP contribution is 2.47. The van der Waals surface area contributed by atoms with Crippen molar-refractivity contribution in [3.63, 3.8) is 0 Å². The topological polar surface area (TPSA) is 26.3 Å². The van der Waals surface area contributed by atoms with Crippen LogP contribution in [0.25, 0.3) is 0 Å². The zero-order valence-corrected chi connectivity index (χ0v) is 7.95. The number of ether oxygens (including phenoxy) is 1. The van der Waals surface area contributed by atoms with Gasteiger partial charge in [-0.05, 0) is 30.0 Å². The minimum absolute atomic E-state index is 0.141. The standard InChI is InChI=1S/C12H12O2/c13-8-12(4-5-12)10-1-2-11-9(7-10)3-6-14-11/h1-2,7-8H,3-6H2. The molecule has 0 N–H and O–H groups in total. The summed E-state index contributed by atoms with van der Waals surface area (Å²) in [7, 11) is 0. The van der Waals surface area contributed by atoms with Gasteiger partial charge in [-0.1, -0.05) is 12.1 Å². The van der Waals surface area contributed by atoms with Gasteiger partial charge in [0.05, 0.1) is 12.0 Å². The third-order valence-electron chi connectivity index (χ3n) is 3.28. The first-order valence-corrected chi connectivity index (χ1v) is 5.07. The highest BCUT2D eigenvalue weighted by molar-refractivity contribution is 5.73.